The van der Waals surface area contributed by atoms with Gasteiger partial charge >= 0.3 is 0 Å². The fraction of sp³-hybridized carbons (Fsp3) is 0.400. The van der Waals surface area contributed by atoms with Gasteiger partial charge in [0.25, 0.3) is 5.91 Å². The maximum Gasteiger partial charge on any atom is 0.253 e. The van der Waals surface area contributed by atoms with Crippen molar-refractivity contribution in [1.29, 1.82) is 0 Å². The largest absolute Gasteiger partial charge is 0.497 e. The lowest BCUT2D eigenvalue weighted by Crippen LogP contribution is -2.36. The second-order valence-electron chi connectivity index (χ2n) is 8.45. The molecular formula is C25H29N3O4. The van der Waals surface area contributed by atoms with Crippen molar-refractivity contribution in [3.05, 3.63) is 54.1 Å². The SMILES string of the molecule is COc1ccc(N2C[C@H](C(=O)Nc3ccccc3C(=O)NC3CCCCC3)CC2=O)cc1. The molecule has 4 rings (SSSR count). The number of nitrogens with zero attached hydrogens (tertiary/aromatic N) is 1. The second-order valence-corrected chi connectivity index (χ2v) is 8.45. The van der Waals surface area contributed by atoms with Crippen LogP contribution in [-0.2, 0) is 9.59 Å². The summed E-state index contributed by atoms with van der Waals surface area (Å²) >= 11 is 0. The van der Waals surface area contributed by atoms with Crippen LogP contribution in [0.2, 0.25) is 0 Å². The highest BCUT2D eigenvalue weighted by molar-refractivity contribution is 6.07. The predicted molar refractivity (Wildman–Crippen MR) is 123 cm³/mol. The first-order chi connectivity index (χ1) is 15.5. The van der Waals surface area contributed by atoms with E-state index in [-0.39, 0.29) is 30.2 Å². The first-order valence-corrected chi connectivity index (χ1v) is 11.2. The van der Waals surface area contributed by atoms with Crippen LogP contribution in [0.5, 0.6) is 5.75 Å². The lowest BCUT2D eigenvalue weighted by molar-refractivity contribution is -0.122. The van der Waals surface area contributed by atoms with E-state index in [0.29, 0.717) is 23.5 Å². The summed E-state index contributed by atoms with van der Waals surface area (Å²) in [4.78, 5) is 40.0. The van der Waals surface area contributed by atoms with E-state index in [2.05, 4.69) is 10.6 Å². The van der Waals surface area contributed by atoms with Gasteiger partial charge in [-0.25, -0.2) is 0 Å². The monoisotopic (exact) mass is 435 g/mol. The summed E-state index contributed by atoms with van der Waals surface area (Å²) in [5, 5.41) is 5.98. The third kappa shape index (κ3) is 4.93. The van der Waals surface area contributed by atoms with E-state index in [1.165, 1.54) is 6.42 Å². The molecule has 1 aliphatic carbocycles. The third-order valence-corrected chi connectivity index (χ3v) is 6.25. The fourth-order valence-electron chi connectivity index (χ4n) is 4.43. The van der Waals surface area contributed by atoms with Crippen molar-refractivity contribution < 1.29 is 19.1 Å². The Labute approximate surface area is 188 Å². The number of carbonyl (C=O) groups excluding carboxylic acids is 3. The highest BCUT2D eigenvalue weighted by Crippen LogP contribution is 2.28. The van der Waals surface area contributed by atoms with Crippen LogP contribution in [-0.4, -0.2) is 37.4 Å². The van der Waals surface area contributed by atoms with Crippen LogP contribution in [0.4, 0.5) is 11.4 Å². The molecule has 168 valence electrons. The van der Waals surface area contributed by atoms with Gasteiger partial charge in [0, 0.05) is 24.7 Å². The summed E-state index contributed by atoms with van der Waals surface area (Å²) in [6.45, 7) is 0.299. The van der Waals surface area contributed by atoms with E-state index < -0.39 is 5.92 Å². The number of carbonyl (C=O) groups is 3. The summed E-state index contributed by atoms with van der Waals surface area (Å²) in [6, 6.07) is 14.4. The topological polar surface area (TPSA) is 87.7 Å². The van der Waals surface area contributed by atoms with Crippen LogP contribution in [0.1, 0.15) is 48.9 Å². The summed E-state index contributed by atoms with van der Waals surface area (Å²) in [5.74, 6) is -0.307. The van der Waals surface area contributed by atoms with Crippen molar-refractivity contribution in [3.63, 3.8) is 0 Å². The number of hydrogen-bond donors (Lipinski definition) is 2. The average Bonchev–Trinajstić information content (AvgIpc) is 3.22. The quantitative estimate of drug-likeness (QED) is 0.723. The Balaban J connectivity index is 1.41. The van der Waals surface area contributed by atoms with Crippen LogP contribution in [0.3, 0.4) is 0 Å². The highest BCUT2D eigenvalue weighted by Gasteiger charge is 2.35. The predicted octanol–water partition coefficient (Wildman–Crippen LogP) is 3.75. The Hall–Kier alpha value is -3.35. The van der Waals surface area contributed by atoms with Gasteiger partial charge in [-0.3, -0.25) is 14.4 Å². The number of methoxy groups -OCH3 is 1. The number of hydrogen-bond acceptors (Lipinski definition) is 4. The number of anilines is 2. The number of rotatable bonds is 6. The highest BCUT2D eigenvalue weighted by atomic mass is 16.5. The van der Waals surface area contributed by atoms with Crippen molar-refractivity contribution >= 4 is 29.1 Å². The lowest BCUT2D eigenvalue weighted by Gasteiger charge is -2.23. The van der Waals surface area contributed by atoms with Gasteiger partial charge in [-0.15, -0.1) is 0 Å². The number of benzene rings is 2. The Kier molecular flexibility index (Phi) is 6.73. The molecule has 0 aromatic heterocycles. The zero-order valence-electron chi connectivity index (χ0n) is 18.3. The summed E-state index contributed by atoms with van der Waals surface area (Å²) < 4.78 is 5.16. The van der Waals surface area contributed by atoms with Crippen molar-refractivity contribution in [3.8, 4) is 5.75 Å². The lowest BCUT2D eigenvalue weighted by atomic mass is 9.95. The normalized spacial score (nSPS) is 19.0. The number of amides is 3. The van der Waals surface area contributed by atoms with E-state index in [4.69, 9.17) is 4.74 Å². The molecule has 3 amide bonds. The van der Waals surface area contributed by atoms with Crippen LogP contribution >= 0.6 is 0 Å². The van der Waals surface area contributed by atoms with Crippen molar-refractivity contribution in [2.45, 2.75) is 44.6 Å². The number of nitrogens with one attached hydrogen (secondary N) is 2. The second kappa shape index (κ2) is 9.85. The minimum atomic E-state index is -0.487. The van der Waals surface area contributed by atoms with E-state index in [0.717, 1.165) is 31.4 Å². The molecule has 0 bridgehead atoms. The van der Waals surface area contributed by atoms with Gasteiger partial charge in [0.05, 0.1) is 24.3 Å². The van der Waals surface area contributed by atoms with Gasteiger partial charge in [-0.1, -0.05) is 31.4 Å². The molecule has 1 aliphatic heterocycles. The van der Waals surface area contributed by atoms with E-state index in [1.54, 1.807) is 48.4 Å². The molecule has 0 spiro atoms. The molecule has 2 aromatic carbocycles. The van der Waals surface area contributed by atoms with Gasteiger partial charge in [-0.05, 0) is 49.2 Å². The Morgan fingerprint density at radius 3 is 2.44 bits per heavy atom. The molecule has 1 atom stereocenters. The fourth-order valence-corrected chi connectivity index (χ4v) is 4.43. The number of ether oxygens (including phenoxy) is 1. The molecule has 2 aromatic rings. The summed E-state index contributed by atoms with van der Waals surface area (Å²) in [5.41, 5.74) is 1.65. The van der Waals surface area contributed by atoms with Crippen molar-refractivity contribution in [1.82, 2.24) is 5.32 Å². The third-order valence-electron chi connectivity index (χ3n) is 6.25. The van der Waals surface area contributed by atoms with Crippen LogP contribution < -0.4 is 20.3 Å². The summed E-state index contributed by atoms with van der Waals surface area (Å²) in [7, 11) is 1.59. The van der Waals surface area contributed by atoms with Crippen LogP contribution in [0, 0.1) is 5.92 Å². The van der Waals surface area contributed by atoms with Crippen molar-refractivity contribution in [2.75, 3.05) is 23.9 Å². The zero-order valence-corrected chi connectivity index (χ0v) is 18.3. The molecule has 0 unspecified atom stereocenters. The molecule has 2 aliphatic rings. The van der Waals surface area contributed by atoms with Gasteiger partial charge in [0.2, 0.25) is 11.8 Å². The average molecular weight is 436 g/mol. The molecule has 32 heavy (non-hydrogen) atoms. The molecule has 1 saturated heterocycles. The van der Waals surface area contributed by atoms with Crippen LogP contribution in [0.25, 0.3) is 0 Å². The molecule has 1 saturated carbocycles. The van der Waals surface area contributed by atoms with Gasteiger partial charge in [0.1, 0.15) is 5.75 Å². The Morgan fingerprint density at radius 1 is 1.00 bits per heavy atom. The molecule has 7 heteroatoms. The van der Waals surface area contributed by atoms with E-state index in [9.17, 15) is 14.4 Å². The zero-order chi connectivity index (χ0) is 22.5. The molecule has 1 heterocycles. The molecule has 0 radical (unpaired) electrons. The maximum absolute atomic E-state index is 13.0. The minimum Gasteiger partial charge on any atom is -0.497 e. The maximum atomic E-state index is 13.0. The molecular weight excluding hydrogens is 406 g/mol. The summed E-state index contributed by atoms with van der Waals surface area (Å²) in [6.07, 6.45) is 5.59. The first kappa shape index (κ1) is 21.9. The van der Waals surface area contributed by atoms with E-state index >= 15 is 0 Å². The first-order valence-electron chi connectivity index (χ1n) is 11.2. The van der Waals surface area contributed by atoms with E-state index in [1.807, 2.05) is 12.1 Å². The van der Waals surface area contributed by atoms with Gasteiger partial charge in [0.15, 0.2) is 0 Å². The molecule has 2 N–H and O–H groups in total. The van der Waals surface area contributed by atoms with Crippen LogP contribution in [0.15, 0.2) is 48.5 Å². The standard InChI is InChI=1S/C25H29N3O4/c1-32-20-13-11-19(12-14-20)28-16-17(15-23(28)29)24(30)27-22-10-6-5-9-21(22)25(31)26-18-7-3-2-4-8-18/h5-6,9-14,17-18H,2-4,7-8,15-16H2,1H3,(H,26,31)(H,27,30)/t17-/m1/s1. The van der Waals surface area contributed by atoms with Crippen molar-refractivity contribution in [2.24, 2.45) is 5.92 Å². The van der Waals surface area contributed by atoms with Gasteiger partial charge < -0.3 is 20.3 Å². The smallest absolute Gasteiger partial charge is 0.253 e. The Morgan fingerprint density at radius 2 is 1.72 bits per heavy atom. The van der Waals surface area contributed by atoms with Gasteiger partial charge in [-0.2, -0.15) is 0 Å². The molecule has 2 fully saturated rings. The number of para-hydroxylation sites is 1. The minimum absolute atomic E-state index is 0.0985. The molecule has 7 nitrogen and oxygen atoms in total. The Bertz CT molecular complexity index is 983.